The van der Waals surface area contributed by atoms with Crippen molar-refractivity contribution >= 4 is 17.6 Å². The average Bonchev–Trinajstić information content (AvgIpc) is 2.59. The number of hydrogen-bond donors (Lipinski definition) is 0. The second kappa shape index (κ2) is 7.73. The van der Waals surface area contributed by atoms with Gasteiger partial charge in [-0.3, -0.25) is 4.39 Å². The molecule has 0 aliphatic rings. The van der Waals surface area contributed by atoms with Crippen molar-refractivity contribution < 1.29 is 13.9 Å². The largest absolute Gasteiger partial charge is 0.461 e. The third-order valence-electron chi connectivity index (χ3n) is 3.37. The molecule has 3 heteroatoms. The molecule has 0 amide bonds. The molecule has 0 N–H and O–H groups in total. The molecule has 0 bridgehead atoms. The molecule has 0 radical (unpaired) electrons. The lowest BCUT2D eigenvalue weighted by atomic mass is 9.97. The van der Waals surface area contributed by atoms with E-state index in [1.54, 1.807) is 19.9 Å². The minimum atomic E-state index is -0.676. The fourth-order valence-corrected chi connectivity index (χ4v) is 1.97. The van der Waals surface area contributed by atoms with Crippen molar-refractivity contribution in [1.29, 1.82) is 0 Å². The van der Waals surface area contributed by atoms with E-state index in [0.29, 0.717) is 5.57 Å². The second-order valence-electron chi connectivity index (χ2n) is 6.21. The van der Waals surface area contributed by atoms with E-state index in [2.05, 4.69) is 0 Å². The van der Waals surface area contributed by atoms with Crippen molar-refractivity contribution in [1.82, 2.24) is 0 Å². The maximum atomic E-state index is 12.9. The van der Waals surface area contributed by atoms with Crippen LogP contribution >= 0.6 is 0 Å². The molecule has 2 nitrogen and oxygen atoms in total. The predicted molar refractivity (Wildman–Crippen MR) is 91.5 cm³/mol. The van der Waals surface area contributed by atoms with Gasteiger partial charge >= 0.3 is 5.97 Å². The van der Waals surface area contributed by atoms with Crippen LogP contribution in [0.3, 0.4) is 0 Å². The van der Waals surface area contributed by atoms with E-state index in [9.17, 15) is 9.18 Å². The van der Waals surface area contributed by atoms with Gasteiger partial charge in [-0.15, -0.1) is 0 Å². The summed E-state index contributed by atoms with van der Waals surface area (Å²) in [4.78, 5) is 12.5. The SMILES string of the molecule is CC(C)(CF)COC(=O)/C(=C/c1ccccc1)c1ccccc1. The molecule has 2 rings (SSSR count). The summed E-state index contributed by atoms with van der Waals surface area (Å²) in [6.45, 7) is 2.96. The first-order valence-corrected chi connectivity index (χ1v) is 7.57. The number of rotatable bonds is 6. The van der Waals surface area contributed by atoms with E-state index in [-0.39, 0.29) is 6.61 Å². The molecule has 2 aromatic rings. The lowest BCUT2D eigenvalue weighted by Crippen LogP contribution is -2.24. The summed E-state index contributed by atoms with van der Waals surface area (Å²) >= 11 is 0. The Balaban J connectivity index is 2.28. The van der Waals surface area contributed by atoms with E-state index < -0.39 is 18.1 Å². The molecule has 0 saturated heterocycles. The number of hydrogen-bond acceptors (Lipinski definition) is 2. The Labute approximate surface area is 136 Å². The van der Waals surface area contributed by atoms with Crippen molar-refractivity contribution in [3.63, 3.8) is 0 Å². The van der Waals surface area contributed by atoms with Crippen LogP contribution in [-0.2, 0) is 9.53 Å². The quantitative estimate of drug-likeness (QED) is 0.436. The highest BCUT2D eigenvalue weighted by Crippen LogP contribution is 2.22. The van der Waals surface area contributed by atoms with Crippen molar-refractivity contribution in [2.45, 2.75) is 13.8 Å². The van der Waals surface area contributed by atoms with Gasteiger partial charge in [0.15, 0.2) is 0 Å². The molecule has 0 aliphatic carbocycles. The lowest BCUT2D eigenvalue weighted by molar-refractivity contribution is -0.139. The summed E-state index contributed by atoms with van der Waals surface area (Å²) in [7, 11) is 0. The molecule has 0 spiro atoms. The van der Waals surface area contributed by atoms with Crippen LogP contribution in [0.25, 0.3) is 11.6 Å². The van der Waals surface area contributed by atoms with E-state index >= 15 is 0 Å². The van der Waals surface area contributed by atoms with Crippen LogP contribution in [0.4, 0.5) is 4.39 Å². The first-order chi connectivity index (χ1) is 11.0. The number of benzene rings is 2. The summed E-state index contributed by atoms with van der Waals surface area (Å²) < 4.78 is 18.2. The summed E-state index contributed by atoms with van der Waals surface area (Å²) in [5.74, 6) is -0.443. The maximum Gasteiger partial charge on any atom is 0.338 e. The van der Waals surface area contributed by atoms with E-state index in [1.807, 2.05) is 60.7 Å². The molecular weight excluding hydrogens is 291 g/mol. The number of carbonyl (C=O) groups excluding carboxylic acids is 1. The van der Waals surface area contributed by atoms with E-state index in [0.717, 1.165) is 11.1 Å². The fraction of sp³-hybridized carbons (Fsp3) is 0.250. The van der Waals surface area contributed by atoms with Crippen LogP contribution in [0.5, 0.6) is 0 Å². The smallest absolute Gasteiger partial charge is 0.338 e. The molecule has 0 aromatic heterocycles. The lowest BCUT2D eigenvalue weighted by Gasteiger charge is -2.20. The maximum absolute atomic E-state index is 12.9. The van der Waals surface area contributed by atoms with Gasteiger partial charge < -0.3 is 4.74 Å². The van der Waals surface area contributed by atoms with Crippen LogP contribution < -0.4 is 0 Å². The van der Waals surface area contributed by atoms with Gasteiger partial charge in [0.1, 0.15) is 0 Å². The Morgan fingerprint density at radius 1 is 1.04 bits per heavy atom. The summed E-state index contributed by atoms with van der Waals surface area (Å²) in [5, 5.41) is 0. The number of halogens is 1. The Bertz CT molecular complexity index is 661. The number of alkyl halides is 1. The fourth-order valence-electron chi connectivity index (χ4n) is 1.97. The molecule has 0 heterocycles. The van der Waals surface area contributed by atoms with Gasteiger partial charge in [-0.2, -0.15) is 0 Å². The summed E-state index contributed by atoms with van der Waals surface area (Å²) in [5.41, 5.74) is 1.48. The third-order valence-corrected chi connectivity index (χ3v) is 3.37. The van der Waals surface area contributed by atoms with Gasteiger partial charge in [0.05, 0.1) is 18.9 Å². The monoisotopic (exact) mass is 312 g/mol. The summed E-state index contributed by atoms with van der Waals surface area (Å²) in [6.07, 6.45) is 1.79. The van der Waals surface area contributed by atoms with Gasteiger partial charge in [0.2, 0.25) is 0 Å². The standard InChI is InChI=1S/C20H21FO2/c1-20(2,14-21)15-23-19(22)18(17-11-7-4-8-12-17)13-16-9-5-3-6-10-16/h3-13H,14-15H2,1-2H3/b18-13+. The highest BCUT2D eigenvalue weighted by Gasteiger charge is 2.22. The van der Waals surface area contributed by atoms with Gasteiger partial charge in [-0.05, 0) is 17.2 Å². The Morgan fingerprint density at radius 3 is 2.17 bits per heavy atom. The minimum absolute atomic E-state index is 0.0430. The number of ether oxygens (including phenoxy) is 1. The molecule has 120 valence electrons. The number of esters is 1. The topological polar surface area (TPSA) is 26.3 Å². The Hall–Kier alpha value is -2.42. The second-order valence-corrected chi connectivity index (χ2v) is 6.21. The molecule has 0 saturated carbocycles. The highest BCUT2D eigenvalue weighted by molar-refractivity contribution is 6.21. The van der Waals surface area contributed by atoms with Crippen LogP contribution in [0.1, 0.15) is 25.0 Å². The molecule has 2 aromatic carbocycles. The molecular formula is C20H21FO2. The van der Waals surface area contributed by atoms with Crippen molar-refractivity contribution in [2.75, 3.05) is 13.3 Å². The van der Waals surface area contributed by atoms with Crippen molar-refractivity contribution in [3.8, 4) is 0 Å². The Morgan fingerprint density at radius 2 is 1.61 bits per heavy atom. The predicted octanol–water partition coefficient (Wildman–Crippen LogP) is 4.77. The normalized spacial score (nSPS) is 12.0. The zero-order valence-electron chi connectivity index (χ0n) is 13.5. The van der Waals surface area contributed by atoms with Crippen molar-refractivity contribution in [3.05, 3.63) is 71.8 Å². The number of carbonyl (C=O) groups is 1. The molecule has 0 fully saturated rings. The molecule has 0 unspecified atom stereocenters. The van der Waals surface area contributed by atoms with Gasteiger partial charge in [0.25, 0.3) is 0 Å². The van der Waals surface area contributed by atoms with Crippen LogP contribution in [0.2, 0.25) is 0 Å². The van der Waals surface area contributed by atoms with E-state index in [4.69, 9.17) is 4.74 Å². The third kappa shape index (κ3) is 5.06. The highest BCUT2D eigenvalue weighted by atomic mass is 19.1. The van der Waals surface area contributed by atoms with Crippen LogP contribution in [-0.4, -0.2) is 19.3 Å². The zero-order valence-corrected chi connectivity index (χ0v) is 13.5. The first-order valence-electron chi connectivity index (χ1n) is 7.57. The Kier molecular flexibility index (Phi) is 5.69. The molecule has 0 aliphatic heterocycles. The van der Waals surface area contributed by atoms with E-state index in [1.165, 1.54) is 0 Å². The zero-order chi connectivity index (χ0) is 16.7. The van der Waals surface area contributed by atoms with Gasteiger partial charge in [-0.1, -0.05) is 74.5 Å². The minimum Gasteiger partial charge on any atom is -0.461 e. The van der Waals surface area contributed by atoms with Crippen LogP contribution in [0, 0.1) is 5.41 Å². The van der Waals surface area contributed by atoms with Crippen molar-refractivity contribution in [2.24, 2.45) is 5.41 Å². The first kappa shape index (κ1) is 16.9. The van der Waals surface area contributed by atoms with Gasteiger partial charge in [-0.25, -0.2) is 4.79 Å². The summed E-state index contributed by atoms with van der Waals surface area (Å²) in [6, 6.07) is 18.9. The van der Waals surface area contributed by atoms with Gasteiger partial charge in [0, 0.05) is 5.41 Å². The average molecular weight is 312 g/mol. The van der Waals surface area contributed by atoms with Crippen LogP contribution in [0.15, 0.2) is 60.7 Å². The molecule has 23 heavy (non-hydrogen) atoms. The molecule has 0 atom stereocenters.